The number of nitrogens with one attached hydrogen (secondary N) is 1. The van der Waals surface area contributed by atoms with Crippen LogP contribution in [0.3, 0.4) is 0 Å². The SMILES string of the molecule is Cc1cccc(S(=O)(=O)N(C(=O)C[C@@H](C)CC(N)=O)C2CCCNCC2=O)n1. The van der Waals surface area contributed by atoms with Crippen molar-refractivity contribution in [2.45, 2.75) is 50.6 Å². The molecule has 28 heavy (non-hydrogen) atoms. The van der Waals surface area contributed by atoms with Crippen LogP contribution in [0.25, 0.3) is 0 Å². The molecule has 0 bridgehead atoms. The Morgan fingerprint density at radius 2 is 2.07 bits per heavy atom. The number of ketones is 1. The van der Waals surface area contributed by atoms with Gasteiger partial charge in [-0.15, -0.1) is 0 Å². The number of primary amides is 1. The fourth-order valence-electron chi connectivity index (χ4n) is 3.20. The molecule has 0 spiro atoms. The van der Waals surface area contributed by atoms with Crippen LogP contribution in [-0.2, 0) is 24.4 Å². The minimum atomic E-state index is -4.34. The Morgan fingerprint density at radius 3 is 2.71 bits per heavy atom. The van der Waals surface area contributed by atoms with Crippen molar-refractivity contribution in [1.82, 2.24) is 14.6 Å². The van der Waals surface area contributed by atoms with Crippen LogP contribution in [0.1, 0.15) is 38.3 Å². The molecule has 1 aliphatic rings. The number of rotatable bonds is 7. The molecule has 1 fully saturated rings. The fraction of sp³-hybridized carbons (Fsp3) is 0.556. The van der Waals surface area contributed by atoms with Gasteiger partial charge in [-0.1, -0.05) is 13.0 Å². The lowest BCUT2D eigenvalue weighted by molar-refractivity contribution is -0.134. The summed E-state index contributed by atoms with van der Waals surface area (Å²) >= 11 is 0. The normalized spacial score (nSPS) is 18.9. The Hall–Kier alpha value is -2.33. The van der Waals surface area contributed by atoms with Gasteiger partial charge in [0.05, 0.1) is 6.54 Å². The second-order valence-electron chi connectivity index (χ2n) is 7.09. The van der Waals surface area contributed by atoms with Crippen LogP contribution in [0.2, 0.25) is 0 Å². The Bertz CT molecular complexity index is 855. The Kier molecular flexibility index (Phi) is 7.25. The molecule has 10 heteroatoms. The predicted molar refractivity (Wildman–Crippen MR) is 101 cm³/mol. The Balaban J connectivity index is 2.44. The lowest BCUT2D eigenvalue weighted by atomic mass is 10.0. The van der Waals surface area contributed by atoms with Crippen LogP contribution in [0.4, 0.5) is 0 Å². The van der Waals surface area contributed by atoms with E-state index >= 15 is 0 Å². The number of carbonyl (C=O) groups is 3. The average molecular weight is 410 g/mol. The first kappa shape index (κ1) is 22.0. The minimum Gasteiger partial charge on any atom is -0.370 e. The lowest BCUT2D eigenvalue weighted by Crippen LogP contribution is -2.50. The summed E-state index contributed by atoms with van der Waals surface area (Å²) in [7, 11) is -4.34. The highest BCUT2D eigenvalue weighted by atomic mass is 32.2. The molecule has 2 rings (SSSR count). The molecular weight excluding hydrogens is 384 g/mol. The molecule has 0 saturated carbocycles. The van der Waals surface area contributed by atoms with Crippen molar-refractivity contribution >= 4 is 27.6 Å². The van der Waals surface area contributed by atoms with Crippen molar-refractivity contribution in [3.05, 3.63) is 23.9 Å². The molecule has 0 radical (unpaired) electrons. The van der Waals surface area contributed by atoms with Crippen molar-refractivity contribution < 1.29 is 22.8 Å². The smallest absolute Gasteiger partial charge is 0.284 e. The lowest BCUT2D eigenvalue weighted by Gasteiger charge is -2.29. The molecule has 3 N–H and O–H groups in total. The number of amides is 2. The van der Waals surface area contributed by atoms with Gasteiger partial charge in [0.2, 0.25) is 11.8 Å². The predicted octanol–water partition coefficient (Wildman–Crippen LogP) is 0.130. The summed E-state index contributed by atoms with van der Waals surface area (Å²) in [5.74, 6) is -2.14. The van der Waals surface area contributed by atoms with Crippen molar-refractivity contribution in [3.63, 3.8) is 0 Å². The molecule has 2 atom stereocenters. The fourth-order valence-corrected chi connectivity index (χ4v) is 4.81. The number of nitrogens with zero attached hydrogens (tertiary/aromatic N) is 2. The number of hydrogen-bond donors (Lipinski definition) is 2. The summed E-state index contributed by atoms with van der Waals surface area (Å²) in [6.07, 6.45) is 0.508. The molecule has 1 saturated heterocycles. The number of aryl methyl sites for hydroxylation is 1. The second-order valence-corrected chi connectivity index (χ2v) is 8.85. The monoisotopic (exact) mass is 410 g/mol. The molecule has 1 unspecified atom stereocenters. The molecule has 2 amide bonds. The number of pyridine rings is 1. The van der Waals surface area contributed by atoms with E-state index in [1.807, 2.05) is 0 Å². The van der Waals surface area contributed by atoms with Gasteiger partial charge < -0.3 is 11.1 Å². The molecule has 1 aromatic heterocycles. The first-order valence-electron chi connectivity index (χ1n) is 9.15. The average Bonchev–Trinajstić information content (AvgIpc) is 2.79. The maximum absolute atomic E-state index is 13.3. The van der Waals surface area contributed by atoms with E-state index in [4.69, 9.17) is 5.73 Å². The van der Waals surface area contributed by atoms with Crippen molar-refractivity contribution in [3.8, 4) is 0 Å². The first-order chi connectivity index (χ1) is 13.1. The molecule has 2 heterocycles. The van der Waals surface area contributed by atoms with E-state index in [-0.39, 0.29) is 36.6 Å². The molecule has 0 aliphatic carbocycles. The van der Waals surface area contributed by atoms with E-state index in [1.54, 1.807) is 19.9 Å². The second kappa shape index (κ2) is 9.24. The molecule has 9 nitrogen and oxygen atoms in total. The van der Waals surface area contributed by atoms with Crippen LogP contribution < -0.4 is 11.1 Å². The summed E-state index contributed by atoms with van der Waals surface area (Å²) in [6, 6.07) is 3.37. The number of hydrogen-bond acceptors (Lipinski definition) is 7. The quantitative estimate of drug-likeness (QED) is 0.651. The largest absolute Gasteiger partial charge is 0.370 e. The molecule has 1 aromatic rings. The number of nitrogens with two attached hydrogens (primary N) is 1. The molecular formula is C18H26N4O5S. The van der Waals surface area contributed by atoms with Gasteiger partial charge in [0.1, 0.15) is 6.04 Å². The van der Waals surface area contributed by atoms with E-state index < -0.39 is 33.8 Å². The maximum Gasteiger partial charge on any atom is 0.284 e. The van der Waals surface area contributed by atoms with Crippen LogP contribution in [0, 0.1) is 12.8 Å². The zero-order valence-electron chi connectivity index (χ0n) is 16.1. The third-order valence-corrected chi connectivity index (χ3v) is 6.22. The first-order valence-corrected chi connectivity index (χ1v) is 10.6. The minimum absolute atomic E-state index is 0.0119. The highest BCUT2D eigenvalue weighted by Gasteiger charge is 2.40. The molecule has 1 aliphatic heterocycles. The highest BCUT2D eigenvalue weighted by Crippen LogP contribution is 2.24. The summed E-state index contributed by atoms with van der Waals surface area (Å²) in [5.41, 5.74) is 5.65. The van der Waals surface area contributed by atoms with E-state index in [1.165, 1.54) is 12.1 Å². The summed E-state index contributed by atoms with van der Waals surface area (Å²) in [6.45, 7) is 3.82. The van der Waals surface area contributed by atoms with Crippen molar-refractivity contribution in [1.29, 1.82) is 0 Å². The Morgan fingerprint density at radius 1 is 1.36 bits per heavy atom. The van der Waals surface area contributed by atoms with E-state index in [2.05, 4.69) is 10.3 Å². The number of Topliss-reactive ketones (excluding diaryl/α,β-unsaturated/α-hetero) is 1. The zero-order chi connectivity index (χ0) is 20.9. The van der Waals surface area contributed by atoms with Gasteiger partial charge in [-0.3, -0.25) is 14.4 Å². The van der Waals surface area contributed by atoms with Crippen LogP contribution in [-0.4, -0.2) is 54.4 Å². The van der Waals surface area contributed by atoms with Crippen LogP contribution in [0.15, 0.2) is 23.2 Å². The van der Waals surface area contributed by atoms with Gasteiger partial charge in [0, 0.05) is 18.5 Å². The molecule has 0 aromatic carbocycles. The van der Waals surface area contributed by atoms with E-state index in [0.717, 1.165) is 0 Å². The van der Waals surface area contributed by atoms with Gasteiger partial charge in [0.15, 0.2) is 10.8 Å². The standard InChI is InChI=1S/C18H26N4O5S/c1-12(9-16(19)24)10-18(25)22(14-6-4-8-20-11-15(14)23)28(26,27)17-7-3-5-13(2)21-17/h3,5,7,12,14,20H,4,6,8-11H2,1-2H3,(H2,19,24)/t12-,14?/m0/s1. The van der Waals surface area contributed by atoms with Crippen molar-refractivity contribution in [2.24, 2.45) is 11.7 Å². The van der Waals surface area contributed by atoms with Crippen LogP contribution >= 0.6 is 0 Å². The number of sulfonamides is 1. The van der Waals surface area contributed by atoms with Gasteiger partial charge in [0.25, 0.3) is 10.0 Å². The zero-order valence-corrected chi connectivity index (χ0v) is 16.9. The van der Waals surface area contributed by atoms with Gasteiger partial charge in [-0.05, 0) is 44.4 Å². The summed E-state index contributed by atoms with van der Waals surface area (Å²) < 4.78 is 27.2. The maximum atomic E-state index is 13.3. The Labute approximate surface area is 164 Å². The number of carbonyl (C=O) groups excluding carboxylic acids is 3. The summed E-state index contributed by atoms with van der Waals surface area (Å²) in [4.78, 5) is 40.7. The molecule has 154 valence electrons. The highest BCUT2D eigenvalue weighted by molar-refractivity contribution is 7.89. The third-order valence-electron chi connectivity index (χ3n) is 4.49. The summed E-state index contributed by atoms with van der Waals surface area (Å²) in [5, 5.41) is 2.64. The van der Waals surface area contributed by atoms with Crippen molar-refractivity contribution in [2.75, 3.05) is 13.1 Å². The van der Waals surface area contributed by atoms with E-state index in [9.17, 15) is 22.8 Å². The van der Waals surface area contributed by atoms with Gasteiger partial charge >= 0.3 is 0 Å². The van der Waals surface area contributed by atoms with E-state index in [0.29, 0.717) is 23.0 Å². The van der Waals surface area contributed by atoms with Gasteiger partial charge in [-0.2, -0.15) is 8.42 Å². The number of aromatic nitrogens is 1. The third kappa shape index (κ3) is 5.35. The van der Waals surface area contributed by atoms with Gasteiger partial charge in [-0.25, -0.2) is 9.29 Å². The van der Waals surface area contributed by atoms with Crippen LogP contribution in [0.5, 0.6) is 0 Å². The topological polar surface area (TPSA) is 140 Å².